The standard InChI is InChI=1S/C26H27NO5/c1-27(18-25(28)29)16-15-24(19-7-4-3-5-8-19)32-23-10-6-9-21(17-23)26(30)20-11-13-22(31-2)14-12-20/h3-14,17,24H,15-16,18H2,1-2H3,(H,28,29). The van der Waals surface area contributed by atoms with Crippen molar-refractivity contribution in [3.63, 3.8) is 0 Å². The first-order valence-corrected chi connectivity index (χ1v) is 10.4. The number of aliphatic carboxylic acids is 1. The van der Waals surface area contributed by atoms with Crippen LogP contribution in [0.2, 0.25) is 0 Å². The Morgan fingerprint density at radius 2 is 1.62 bits per heavy atom. The SMILES string of the molecule is COc1ccc(C(=O)c2cccc(OC(CCN(C)CC(=O)O)c3ccccc3)c2)cc1. The summed E-state index contributed by atoms with van der Waals surface area (Å²) in [7, 11) is 3.35. The van der Waals surface area contributed by atoms with Gasteiger partial charge in [0.25, 0.3) is 0 Å². The highest BCUT2D eigenvalue weighted by Gasteiger charge is 2.17. The Bertz CT molecular complexity index is 1030. The molecule has 0 aliphatic carbocycles. The number of carbonyl (C=O) groups is 2. The molecule has 0 spiro atoms. The zero-order valence-corrected chi connectivity index (χ0v) is 18.2. The molecule has 0 aromatic heterocycles. The second kappa shape index (κ2) is 11.1. The normalized spacial score (nSPS) is 11.7. The van der Waals surface area contributed by atoms with Crippen LogP contribution in [0.1, 0.15) is 34.0 Å². The van der Waals surface area contributed by atoms with Crippen molar-refractivity contribution in [3.8, 4) is 11.5 Å². The number of ether oxygens (including phenoxy) is 2. The number of ketones is 1. The minimum atomic E-state index is -0.866. The first kappa shape index (κ1) is 23.0. The van der Waals surface area contributed by atoms with E-state index in [0.29, 0.717) is 35.6 Å². The quantitative estimate of drug-likeness (QED) is 0.450. The van der Waals surface area contributed by atoms with Crippen LogP contribution < -0.4 is 9.47 Å². The van der Waals surface area contributed by atoms with E-state index < -0.39 is 5.97 Å². The predicted molar refractivity (Wildman–Crippen MR) is 122 cm³/mol. The van der Waals surface area contributed by atoms with Crippen LogP contribution in [0.4, 0.5) is 0 Å². The van der Waals surface area contributed by atoms with Crippen LogP contribution in [-0.4, -0.2) is 49.0 Å². The zero-order chi connectivity index (χ0) is 22.9. The van der Waals surface area contributed by atoms with E-state index in [0.717, 1.165) is 5.56 Å². The van der Waals surface area contributed by atoms with E-state index in [9.17, 15) is 9.59 Å². The number of benzene rings is 3. The molecule has 166 valence electrons. The van der Waals surface area contributed by atoms with Crippen LogP contribution >= 0.6 is 0 Å². The molecule has 1 unspecified atom stereocenters. The van der Waals surface area contributed by atoms with Gasteiger partial charge < -0.3 is 14.6 Å². The molecule has 6 heteroatoms. The molecule has 1 N–H and O–H groups in total. The van der Waals surface area contributed by atoms with Crippen molar-refractivity contribution in [1.29, 1.82) is 0 Å². The molecule has 0 saturated heterocycles. The van der Waals surface area contributed by atoms with Crippen LogP contribution in [0.15, 0.2) is 78.9 Å². The molecule has 0 bridgehead atoms. The van der Waals surface area contributed by atoms with E-state index in [-0.39, 0.29) is 18.4 Å². The molecule has 0 aliphatic heterocycles. The Balaban J connectivity index is 1.77. The number of hydrogen-bond donors (Lipinski definition) is 1. The number of carboxylic acid groups (broad SMARTS) is 1. The van der Waals surface area contributed by atoms with Crippen molar-refractivity contribution in [1.82, 2.24) is 4.90 Å². The van der Waals surface area contributed by atoms with Gasteiger partial charge in [-0.1, -0.05) is 42.5 Å². The molecule has 3 aromatic carbocycles. The molecule has 32 heavy (non-hydrogen) atoms. The lowest BCUT2D eigenvalue weighted by Crippen LogP contribution is -2.28. The highest BCUT2D eigenvalue weighted by atomic mass is 16.5. The fraction of sp³-hybridized carbons (Fsp3) is 0.231. The first-order chi connectivity index (χ1) is 15.5. The van der Waals surface area contributed by atoms with Crippen molar-refractivity contribution in [2.75, 3.05) is 27.2 Å². The summed E-state index contributed by atoms with van der Waals surface area (Å²) >= 11 is 0. The molecule has 0 heterocycles. The number of nitrogens with zero attached hydrogens (tertiary/aromatic N) is 1. The monoisotopic (exact) mass is 433 g/mol. The van der Waals surface area contributed by atoms with Gasteiger partial charge in [0.15, 0.2) is 5.78 Å². The minimum Gasteiger partial charge on any atom is -0.497 e. The number of carbonyl (C=O) groups excluding carboxylic acids is 1. The Hall–Kier alpha value is -3.64. The average molecular weight is 434 g/mol. The number of rotatable bonds is 11. The summed E-state index contributed by atoms with van der Waals surface area (Å²) in [5.74, 6) is 0.307. The van der Waals surface area contributed by atoms with E-state index in [4.69, 9.17) is 14.6 Å². The van der Waals surface area contributed by atoms with Gasteiger partial charge in [-0.3, -0.25) is 14.5 Å². The van der Waals surface area contributed by atoms with Crippen molar-refractivity contribution in [2.24, 2.45) is 0 Å². The topological polar surface area (TPSA) is 76.1 Å². The second-order valence-corrected chi connectivity index (χ2v) is 7.52. The van der Waals surface area contributed by atoms with Crippen molar-refractivity contribution >= 4 is 11.8 Å². The fourth-order valence-corrected chi connectivity index (χ4v) is 3.39. The Kier molecular flexibility index (Phi) is 8.00. The summed E-state index contributed by atoms with van der Waals surface area (Å²) in [6.45, 7) is 0.518. The third kappa shape index (κ3) is 6.43. The molecule has 0 radical (unpaired) electrons. The molecule has 3 rings (SSSR count). The van der Waals surface area contributed by atoms with Gasteiger partial charge in [0.1, 0.15) is 17.6 Å². The predicted octanol–water partition coefficient (Wildman–Crippen LogP) is 4.45. The fourth-order valence-electron chi connectivity index (χ4n) is 3.39. The minimum absolute atomic E-state index is 0.0344. The third-order valence-electron chi connectivity index (χ3n) is 5.08. The third-order valence-corrected chi connectivity index (χ3v) is 5.08. The molecule has 0 fully saturated rings. The summed E-state index contributed by atoms with van der Waals surface area (Å²) in [4.78, 5) is 25.6. The zero-order valence-electron chi connectivity index (χ0n) is 18.2. The molecule has 0 aliphatic rings. The first-order valence-electron chi connectivity index (χ1n) is 10.4. The van der Waals surface area contributed by atoms with Crippen molar-refractivity contribution in [2.45, 2.75) is 12.5 Å². The maximum absolute atomic E-state index is 12.9. The number of likely N-dealkylation sites (N-methyl/N-ethyl adjacent to an activating group) is 1. The van der Waals surface area contributed by atoms with Gasteiger partial charge in [-0.15, -0.1) is 0 Å². The Labute approximate surface area is 188 Å². The van der Waals surface area contributed by atoms with Crippen LogP contribution in [0.5, 0.6) is 11.5 Å². The van der Waals surface area contributed by atoms with Gasteiger partial charge in [0.2, 0.25) is 0 Å². The van der Waals surface area contributed by atoms with Gasteiger partial charge in [-0.2, -0.15) is 0 Å². The van der Waals surface area contributed by atoms with Crippen LogP contribution in [0.25, 0.3) is 0 Å². The van der Waals surface area contributed by atoms with E-state index in [2.05, 4.69) is 0 Å². The van der Waals surface area contributed by atoms with Crippen LogP contribution in [-0.2, 0) is 4.79 Å². The lowest BCUT2D eigenvalue weighted by molar-refractivity contribution is -0.138. The van der Waals surface area contributed by atoms with Gasteiger partial charge in [0, 0.05) is 24.1 Å². The van der Waals surface area contributed by atoms with Gasteiger partial charge in [-0.25, -0.2) is 0 Å². The van der Waals surface area contributed by atoms with Gasteiger partial charge >= 0.3 is 5.97 Å². The number of carboxylic acids is 1. The summed E-state index contributed by atoms with van der Waals surface area (Å²) in [6, 6.07) is 23.9. The van der Waals surface area contributed by atoms with E-state index >= 15 is 0 Å². The highest BCUT2D eigenvalue weighted by molar-refractivity contribution is 6.09. The molecule has 0 saturated carbocycles. The summed E-state index contributed by atoms with van der Waals surface area (Å²) in [5, 5.41) is 9.00. The van der Waals surface area contributed by atoms with E-state index in [1.54, 1.807) is 61.5 Å². The summed E-state index contributed by atoms with van der Waals surface area (Å²) in [6.07, 6.45) is 0.323. The molecule has 0 amide bonds. The van der Waals surface area contributed by atoms with E-state index in [1.807, 2.05) is 36.4 Å². The van der Waals surface area contributed by atoms with E-state index in [1.165, 1.54) is 0 Å². The lowest BCUT2D eigenvalue weighted by atomic mass is 10.0. The largest absolute Gasteiger partial charge is 0.497 e. The van der Waals surface area contributed by atoms with Gasteiger partial charge in [-0.05, 0) is 49.0 Å². The summed E-state index contributed by atoms with van der Waals surface area (Å²) in [5.41, 5.74) is 2.09. The Morgan fingerprint density at radius 3 is 2.28 bits per heavy atom. The average Bonchev–Trinajstić information content (AvgIpc) is 2.81. The smallest absolute Gasteiger partial charge is 0.317 e. The van der Waals surface area contributed by atoms with Crippen LogP contribution in [0.3, 0.4) is 0 Å². The maximum atomic E-state index is 12.9. The van der Waals surface area contributed by atoms with Crippen molar-refractivity contribution < 1.29 is 24.2 Å². The molecule has 3 aromatic rings. The lowest BCUT2D eigenvalue weighted by Gasteiger charge is -2.23. The second-order valence-electron chi connectivity index (χ2n) is 7.52. The van der Waals surface area contributed by atoms with Crippen LogP contribution in [0, 0.1) is 0 Å². The van der Waals surface area contributed by atoms with Gasteiger partial charge in [0.05, 0.1) is 13.7 Å². The number of methoxy groups -OCH3 is 1. The van der Waals surface area contributed by atoms with Crippen molar-refractivity contribution in [3.05, 3.63) is 95.6 Å². The molecular weight excluding hydrogens is 406 g/mol. The summed E-state index contributed by atoms with van der Waals surface area (Å²) < 4.78 is 11.4. The number of hydrogen-bond acceptors (Lipinski definition) is 5. The molecule has 6 nitrogen and oxygen atoms in total. The Morgan fingerprint density at radius 1 is 0.906 bits per heavy atom. The maximum Gasteiger partial charge on any atom is 0.317 e. The molecule has 1 atom stereocenters. The highest BCUT2D eigenvalue weighted by Crippen LogP contribution is 2.26. The molecular formula is C26H27NO5.